The first-order valence-corrected chi connectivity index (χ1v) is 8.76. The molecule has 0 spiro atoms. The van der Waals surface area contributed by atoms with Crippen molar-refractivity contribution in [2.24, 2.45) is 0 Å². The molecule has 0 aromatic heterocycles. The zero-order valence-corrected chi connectivity index (χ0v) is 15.6. The van der Waals surface area contributed by atoms with Crippen LogP contribution in [0.1, 0.15) is 38.7 Å². The molecule has 0 unspecified atom stereocenters. The molecule has 1 aliphatic rings. The van der Waals surface area contributed by atoms with Crippen molar-refractivity contribution in [3.05, 3.63) is 33.8 Å². The summed E-state index contributed by atoms with van der Waals surface area (Å²) >= 11 is 11.7. The molecule has 0 radical (unpaired) electrons. The van der Waals surface area contributed by atoms with Gasteiger partial charge in [-0.2, -0.15) is 0 Å². The van der Waals surface area contributed by atoms with Gasteiger partial charge in [0.2, 0.25) is 0 Å². The van der Waals surface area contributed by atoms with Crippen molar-refractivity contribution in [3.8, 4) is 0 Å². The van der Waals surface area contributed by atoms with Crippen LogP contribution in [-0.4, -0.2) is 34.9 Å². The maximum Gasteiger partial charge on any atom is 0.326 e. The fourth-order valence-electron chi connectivity index (χ4n) is 2.56. The molecule has 6 nitrogen and oxygen atoms in total. The number of halogens is 2. The number of ether oxygens (including phenoxy) is 1. The second-order valence-corrected chi connectivity index (χ2v) is 6.98. The van der Waals surface area contributed by atoms with Gasteiger partial charge in [-0.3, -0.25) is 14.5 Å². The number of carbonyl (C=O) groups is 3. The van der Waals surface area contributed by atoms with Gasteiger partial charge in [-0.05, 0) is 31.0 Å². The number of hydrogen-bond acceptors (Lipinski definition) is 4. The van der Waals surface area contributed by atoms with Crippen LogP contribution in [0.25, 0.3) is 0 Å². The largest absolute Gasteiger partial charge is 0.459 e. The maximum atomic E-state index is 12.4. The van der Waals surface area contributed by atoms with Crippen molar-refractivity contribution in [1.29, 1.82) is 0 Å². The van der Waals surface area contributed by atoms with Gasteiger partial charge in [0.1, 0.15) is 18.7 Å². The molecular formula is C17H20Cl2N2O4. The topological polar surface area (TPSA) is 75.7 Å². The van der Waals surface area contributed by atoms with Gasteiger partial charge in [0.05, 0.1) is 10.0 Å². The van der Waals surface area contributed by atoms with Crippen LogP contribution < -0.4 is 5.32 Å². The van der Waals surface area contributed by atoms with E-state index in [1.54, 1.807) is 25.1 Å². The number of amides is 3. The van der Waals surface area contributed by atoms with Crippen molar-refractivity contribution in [1.82, 2.24) is 10.2 Å². The van der Waals surface area contributed by atoms with E-state index in [4.69, 9.17) is 27.9 Å². The average molecular weight is 387 g/mol. The van der Waals surface area contributed by atoms with Crippen LogP contribution in [0.4, 0.5) is 4.79 Å². The summed E-state index contributed by atoms with van der Waals surface area (Å²) in [6, 6.07) is 4.29. The number of imide groups is 1. The molecule has 3 amide bonds. The Kier molecular flexibility index (Phi) is 6.30. The first-order valence-electron chi connectivity index (χ1n) is 8.00. The lowest BCUT2D eigenvalue weighted by atomic mass is 9.95. The second-order valence-electron chi connectivity index (χ2n) is 6.17. The van der Waals surface area contributed by atoms with Crippen LogP contribution in [0, 0.1) is 0 Å². The van der Waals surface area contributed by atoms with Crippen molar-refractivity contribution in [3.63, 3.8) is 0 Å². The molecule has 0 bridgehead atoms. The first kappa shape index (κ1) is 19.5. The molecule has 1 aromatic rings. The number of carbonyl (C=O) groups excluding carboxylic acids is 3. The summed E-state index contributed by atoms with van der Waals surface area (Å²) in [5, 5.41) is 3.42. The fourth-order valence-corrected chi connectivity index (χ4v) is 2.88. The Morgan fingerprint density at radius 2 is 2.00 bits per heavy atom. The summed E-state index contributed by atoms with van der Waals surface area (Å²) < 4.78 is 5.12. The molecule has 25 heavy (non-hydrogen) atoms. The monoisotopic (exact) mass is 386 g/mol. The SMILES string of the molecule is CCCC[C@]1(C)NC(=O)N(CC(=O)OCc2ccc(Cl)c(Cl)c2)C1=O. The van der Waals surface area contributed by atoms with E-state index in [9.17, 15) is 14.4 Å². The van der Waals surface area contributed by atoms with E-state index in [1.165, 1.54) is 0 Å². The Morgan fingerprint density at radius 1 is 1.28 bits per heavy atom. The summed E-state index contributed by atoms with van der Waals surface area (Å²) in [5.74, 6) is -1.08. The third-order valence-corrected chi connectivity index (χ3v) is 4.79. The summed E-state index contributed by atoms with van der Waals surface area (Å²) in [7, 11) is 0. The number of esters is 1. The normalized spacial score (nSPS) is 19.9. The number of urea groups is 1. The predicted molar refractivity (Wildman–Crippen MR) is 94.4 cm³/mol. The van der Waals surface area contributed by atoms with Gasteiger partial charge >= 0.3 is 12.0 Å². The van der Waals surface area contributed by atoms with E-state index in [-0.39, 0.29) is 6.61 Å². The molecular weight excluding hydrogens is 367 g/mol. The van der Waals surface area contributed by atoms with Gasteiger partial charge in [-0.1, -0.05) is 49.0 Å². The number of nitrogens with one attached hydrogen (secondary N) is 1. The fraction of sp³-hybridized carbons (Fsp3) is 0.471. The summed E-state index contributed by atoms with van der Waals surface area (Å²) in [5.41, 5.74) is -0.301. The molecule has 1 N–H and O–H groups in total. The van der Waals surface area contributed by atoms with Crippen LogP contribution >= 0.6 is 23.2 Å². The highest BCUT2D eigenvalue weighted by Gasteiger charge is 2.47. The first-order chi connectivity index (χ1) is 11.8. The molecule has 1 aromatic carbocycles. The van der Waals surface area contributed by atoms with Crippen molar-refractivity contribution >= 4 is 41.1 Å². The Bertz CT molecular complexity index is 695. The van der Waals surface area contributed by atoms with Crippen LogP contribution in [0.2, 0.25) is 10.0 Å². The lowest BCUT2D eigenvalue weighted by Gasteiger charge is -2.21. The summed E-state index contributed by atoms with van der Waals surface area (Å²) in [6.07, 6.45) is 2.24. The number of hydrogen-bond donors (Lipinski definition) is 1. The molecule has 0 saturated carbocycles. The van der Waals surface area contributed by atoms with E-state index in [2.05, 4.69) is 5.32 Å². The third kappa shape index (κ3) is 4.64. The summed E-state index contributed by atoms with van der Waals surface area (Å²) in [4.78, 5) is 37.3. The Morgan fingerprint density at radius 3 is 2.64 bits per heavy atom. The second kappa shape index (κ2) is 8.06. The van der Waals surface area contributed by atoms with Crippen LogP contribution in [0.3, 0.4) is 0 Å². The molecule has 1 fully saturated rings. The quantitative estimate of drug-likeness (QED) is 0.574. The minimum Gasteiger partial charge on any atom is -0.459 e. The van der Waals surface area contributed by atoms with Crippen LogP contribution in [0.5, 0.6) is 0 Å². The van der Waals surface area contributed by atoms with Gasteiger partial charge in [0.15, 0.2) is 0 Å². The standard InChI is InChI=1S/C17H20Cl2N2O4/c1-3-4-7-17(2)15(23)21(16(24)20-17)9-14(22)25-10-11-5-6-12(18)13(19)8-11/h5-6,8H,3-4,7,9-10H2,1-2H3,(H,20,24)/t17-/m0/s1. The summed E-state index contributed by atoms with van der Waals surface area (Å²) in [6.45, 7) is 3.23. The lowest BCUT2D eigenvalue weighted by Crippen LogP contribution is -2.44. The lowest BCUT2D eigenvalue weighted by molar-refractivity contribution is -0.148. The third-order valence-electron chi connectivity index (χ3n) is 4.05. The minimum atomic E-state index is -0.961. The number of unbranched alkanes of at least 4 members (excludes halogenated alkanes) is 1. The van der Waals surface area contributed by atoms with Gasteiger partial charge < -0.3 is 10.1 Å². The van der Waals surface area contributed by atoms with E-state index >= 15 is 0 Å². The average Bonchev–Trinajstić information content (AvgIpc) is 2.78. The molecule has 1 aliphatic heterocycles. The number of nitrogens with zero attached hydrogens (tertiary/aromatic N) is 1. The van der Waals surface area contributed by atoms with Gasteiger partial charge in [0, 0.05) is 0 Å². The molecule has 1 heterocycles. The molecule has 0 aliphatic carbocycles. The minimum absolute atomic E-state index is 0.0214. The van der Waals surface area contributed by atoms with E-state index in [1.807, 2.05) is 6.92 Å². The highest BCUT2D eigenvalue weighted by atomic mass is 35.5. The maximum absolute atomic E-state index is 12.4. The zero-order chi connectivity index (χ0) is 18.6. The molecule has 136 valence electrons. The van der Waals surface area contributed by atoms with E-state index < -0.39 is 30.0 Å². The molecule has 2 rings (SSSR count). The Hall–Kier alpha value is -1.79. The van der Waals surface area contributed by atoms with Gasteiger partial charge in [-0.25, -0.2) is 4.79 Å². The van der Waals surface area contributed by atoms with Crippen LogP contribution in [-0.2, 0) is 20.9 Å². The number of benzene rings is 1. The number of rotatable bonds is 7. The smallest absolute Gasteiger partial charge is 0.326 e. The highest BCUT2D eigenvalue weighted by Crippen LogP contribution is 2.24. The van der Waals surface area contributed by atoms with Gasteiger partial charge in [0.25, 0.3) is 5.91 Å². The predicted octanol–water partition coefficient (Wildman–Crippen LogP) is 3.54. The zero-order valence-electron chi connectivity index (χ0n) is 14.1. The molecule has 1 atom stereocenters. The van der Waals surface area contributed by atoms with Crippen molar-refractivity contribution in [2.45, 2.75) is 45.3 Å². The van der Waals surface area contributed by atoms with E-state index in [0.717, 1.165) is 17.7 Å². The Labute approximate surface area is 156 Å². The van der Waals surface area contributed by atoms with Crippen molar-refractivity contribution < 1.29 is 19.1 Å². The van der Waals surface area contributed by atoms with Gasteiger partial charge in [-0.15, -0.1) is 0 Å². The molecule has 1 saturated heterocycles. The Balaban J connectivity index is 1.92. The molecule has 8 heteroatoms. The highest BCUT2D eigenvalue weighted by molar-refractivity contribution is 6.42. The van der Waals surface area contributed by atoms with E-state index in [0.29, 0.717) is 22.0 Å². The van der Waals surface area contributed by atoms with Crippen LogP contribution in [0.15, 0.2) is 18.2 Å². The van der Waals surface area contributed by atoms with Crippen molar-refractivity contribution in [2.75, 3.05) is 6.54 Å².